The van der Waals surface area contributed by atoms with Crippen LogP contribution in [0.25, 0.3) is 0 Å². The van der Waals surface area contributed by atoms with Crippen molar-refractivity contribution in [2.24, 2.45) is 11.8 Å². The summed E-state index contributed by atoms with van der Waals surface area (Å²) < 4.78 is 10.6. The van der Waals surface area contributed by atoms with Crippen LogP contribution < -0.4 is 20.1 Å². The van der Waals surface area contributed by atoms with E-state index in [0.717, 1.165) is 11.1 Å². The average molecular weight is 508 g/mol. The van der Waals surface area contributed by atoms with Crippen LogP contribution in [0, 0.1) is 18.8 Å². The van der Waals surface area contributed by atoms with E-state index >= 15 is 0 Å². The van der Waals surface area contributed by atoms with E-state index in [9.17, 15) is 24.3 Å². The van der Waals surface area contributed by atoms with Crippen LogP contribution in [0.1, 0.15) is 29.5 Å². The Morgan fingerprint density at radius 1 is 1.05 bits per heavy atom. The van der Waals surface area contributed by atoms with Gasteiger partial charge in [-0.3, -0.25) is 29.4 Å². The largest absolute Gasteiger partial charge is 0.493 e. The van der Waals surface area contributed by atoms with E-state index in [1.807, 2.05) is 25.1 Å². The number of rotatable bonds is 8. The molecule has 0 radical (unpaired) electrons. The van der Waals surface area contributed by atoms with Gasteiger partial charge in [0.1, 0.15) is 5.54 Å². The van der Waals surface area contributed by atoms with Crippen molar-refractivity contribution in [2.75, 3.05) is 26.1 Å². The fourth-order valence-electron chi connectivity index (χ4n) is 6.00. The topological polar surface area (TPSA) is 134 Å². The minimum atomic E-state index is -1.43. The highest BCUT2D eigenvalue weighted by molar-refractivity contribution is 6.15. The zero-order valence-corrected chi connectivity index (χ0v) is 20.9. The molecule has 37 heavy (non-hydrogen) atoms. The van der Waals surface area contributed by atoms with Crippen molar-refractivity contribution in [2.45, 2.75) is 37.8 Å². The zero-order valence-electron chi connectivity index (χ0n) is 20.9. The summed E-state index contributed by atoms with van der Waals surface area (Å²) in [7, 11) is 3.08. The molecule has 3 amide bonds. The van der Waals surface area contributed by atoms with E-state index in [1.165, 1.54) is 12.0 Å². The monoisotopic (exact) mass is 507 g/mol. The molecule has 3 N–H and O–H groups in total. The summed E-state index contributed by atoms with van der Waals surface area (Å²) in [5.41, 5.74) is 1.53. The van der Waals surface area contributed by atoms with Gasteiger partial charge in [0, 0.05) is 30.3 Å². The summed E-state index contributed by atoms with van der Waals surface area (Å²) in [6, 6.07) is 10.3. The summed E-state index contributed by atoms with van der Waals surface area (Å²) >= 11 is 0. The van der Waals surface area contributed by atoms with E-state index in [-0.39, 0.29) is 25.3 Å². The molecule has 10 nitrogen and oxygen atoms in total. The number of aliphatic carboxylic acids is 1. The molecular weight excluding hydrogens is 478 g/mol. The number of carboxylic acid groups (broad SMARTS) is 1. The number of imide groups is 1. The summed E-state index contributed by atoms with van der Waals surface area (Å²) in [6.45, 7) is 2.02. The number of nitrogens with one attached hydrogen (secondary N) is 2. The molecule has 4 atom stereocenters. The third kappa shape index (κ3) is 3.83. The number of nitrogens with zero attached hydrogens (tertiary/aromatic N) is 1. The first-order valence-corrected chi connectivity index (χ1v) is 12.2. The lowest BCUT2D eigenvalue weighted by Gasteiger charge is -2.29. The summed E-state index contributed by atoms with van der Waals surface area (Å²) in [5.74, 6) is -2.90. The molecule has 5 rings (SSSR count). The Morgan fingerprint density at radius 2 is 1.81 bits per heavy atom. The first kappa shape index (κ1) is 24.8. The van der Waals surface area contributed by atoms with Crippen LogP contribution in [0.4, 0.5) is 5.69 Å². The molecule has 0 aliphatic carbocycles. The number of hydrogen-bond acceptors (Lipinski definition) is 7. The second-order valence-corrected chi connectivity index (χ2v) is 9.77. The SMILES string of the molecule is COc1ccc(CCN2C(=O)[C@H]3[C@@H](C2=O)[C@]2(N[C@@H]3CCC(=O)O)C(=O)Nc3ccc(C)cc32)cc1OC. The van der Waals surface area contributed by atoms with Crippen molar-refractivity contribution >= 4 is 29.4 Å². The predicted octanol–water partition coefficient (Wildman–Crippen LogP) is 1.84. The highest BCUT2D eigenvalue weighted by Gasteiger charge is 2.70. The Balaban J connectivity index is 1.48. The van der Waals surface area contributed by atoms with Gasteiger partial charge in [-0.25, -0.2) is 0 Å². The zero-order chi connectivity index (χ0) is 26.5. The molecule has 2 saturated heterocycles. The van der Waals surface area contributed by atoms with E-state index in [4.69, 9.17) is 9.47 Å². The number of carbonyl (C=O) groups is 4. The maximum Gasteiger partial charge on any atom is 0.303 e. The standard InChI is InChI=1S/C27H29N3O7/c1-14-4-6-17-16(12-14)27(26(35)28-17)23-22(18(29-27)7-9-21(31)32)24(33)30(25(23)34)11-10-15-5-8-19(36-2)20(13-15)37-3/h4-6,8,12-13,18,22-23,29H,7,9-11H2,1-3H3,(H,28,35)(H,31,32)/t18-,22-,23+,27+/m1/s1. The van der Waals surface area contributed by atoms with E-state index in [0.29, 0.717) is 29.2 Å². The van der Waals surface area contributed by atoms with Crippen LogP contribution in [-0.4, -0.2) is 60.5 Å². The highest BCUT2D eigenvalue weighted by Crippen LogP contribution is 2.53. The van der Waals surface area contributed by atoms with Gasteiger partial charge in [0.25, 0.3) is 0 Å². The minimum Gasteiger partial charge on any atom is -0.493 e. The highest BCUT2D eigenvalue weighted by atomic mass is 16.5. The van der Waals surface area contributed by atoms with Crippen LogP contribution in [0.15, 0.2) is 36.4 Å². The van der Waals surface area contributed by atoms with Crippen molar-refractivity contribution in [3.63, 3.8) is 0 Å². The van der Waals surface area contributed by atoms with Gasteiger partial charge in [0.15, 0.2) is 11.5 Å². The first-order valence-electron chi connectivity index (χ1n) is 12.2. The van der Waals surface area contributed by atoms with Crippen molar-refractivity contribution in [3.8, 4) is 11.5 Å². The summed E-state index contributed by atoms with van der Waals surface area (Å²) in [5, 5.41) is 15.4. The molecule has 3 aliphatic rings. The van der Waals surface area contributed by atoms with Crippen LogP contribution in [0.3, 0.4) is 0 Å². The number of ether oxygens (including phenoxy) is 2. The Labute approximate surface area is 213 Å². The number of hydrogen-bond donors (Lipinski definition) is 3. The Bertz CT molecular complexity index is 1310. The Morgan fingerprint density at radius 3 is 2.51 bits per heavy atom. The van der Waals surface area contributed by atoms with Crippen LogP contribution in [-0.2, 0) is 31.1 Å². The second-order valence-electron chi connectivity index (χ2n) is 9.77. The fourth-order valence-corrected chi connectivity index (χ4v) is 6.00. The molecule has 2 aromatic carbocycles. The number of aryl methyl sites for hydroxylation is 1. The molecule has 3 aliphatic heterocycles. The number of methoxy groups -OCH3 is 2. The molecule has 194 valence electrons. The van der Waals surface area contributed by atoms with E-state index in [1.54, 1.807) is 25.3 Å². The smallest absolute Gasteiger partial charge is 0.303 e. The Hall–Kier alpha value is -3.92. The molecule has 0 bridgehead atoms. The van der Waals surface area contributed by atoms with Crippen molar-refractivity contribution < 1.29 is 33.8 Å². The van der Waals surface area contributed by atoms with Gasteiger partial charge in [-0.1, -0.05) is 23.8 Å². The molecule has 1 spiro atoms. The average Bonchev–Trinajstić information content (AvgIpc) is 3.45. The van der Waals surface area contributed by atoms with Gasteiger partial charge in [-0.2, -0.15) is 0 Å². The number of carboxylic acids is 1. The van der Waals surface area contributed by atoms with Gasteiger partial charge < -0.3 is 19.9 Å². The van der Waals surface area contributed by atoms with Gasteiger partial charge in [-0.15, -0.1) is 0 Å². The van der Waals surface area contributed by atoms with Crippen LogP contribution in [0.5, 0.6) is 11.5 Å². The molecule has 2 fully saturated rings. The second kappa shape index (κ2) is 9.19. The predicted molar refractivity (Wildman–Crippen MR) is 132 cm³/mol. The maximum absolute atomic E-state index is 13.9. The first-order chi connectivity index (χ1) is 17.7. The lowest BCUT2D eigenvalue weighted by atomic mass is 9.76. The molecule has 2 aromatic rings. The lowest BCUT2D eigenvalue weighted by molar-refractivity contribution is -0.143. The molecular formula is C27H29N3O7. The summed E-state index contributed by atoms with van der Waals surface area (Å²) in [4.78, 5) is 53.6. The van der Waals surface area contributed by atoms with Crippen LogP contribution in [0.2, 0.25) is 0 Å². The van der Waals surface area contributed by atoms with Gasteiger partial charge in [0.05, 0.1) is 26.1 Å². The lowest BCUT2D eigenvalue weighted by Crippen LogP contribution is -2.53. The van der Waals surface area contributed by atoms with E-state index < -0.39 is 41.2 Å². The summed E-state index contributed by atoms with van der Waals surface area (Å²) in [6.07, 6.45) is 0.320. The van der Waals surface area contributed by atoms with Crippen molar-refractivity contribution in [1.29, 1.82) is 0 Å². The number of fused-ring (bicyclic) bond motifs is 4. The van der Waals surface area contributed by atoms with Gasteiger partial charge in [-0.05, 0) is 43.5 Å². The van der Waals surface area contributed by atoms with Crippen molar-refractivity contribution in [3.05, 3.63) is 53.1 Å². The maximum atomic E-state index is 13.9. The van der Waals surface area contributed by atoms with Gasteiger partial charge >= 0.3 is 5.97 Å². The third-order valence-corrected chi connectivity index (χ3v) is 7.70. The quantitative estimate of drug-likeness (QED) is 0.461. The fraction of sp³-hybridized carbons (Fsp3) is 0.407. The number of likely N-dealkylation sites (tertiary alicyclic amines) is 1. The number of anilines is 1. The van der Waals surface area contributed by atoms with Gasteiger partial charge in [0.2, 0.25) is 17.7 Å². The number of carbonyl (C=O) groups excluding carboxylic acids is 3. The van der Waals surface area contributed by atoms with Crippen LogP contribution >= 0.6 is 0 Å². The molecule has 0 unspecified atom stereocenters. The third-order valence-electron chi connectivity index (χ3n) is 7.70. The normalized spacial score (nSPS) is 25.9. The molecule has 0 saturated carbocycles. The molecule has 3 heterocycles. The molecule has 10 heteroatoms. The van der Waals surface area contributed by atoms with E-state index in [2.05, 4.69) is 10.6 Å². The molecule has 0 aromatic heterocycles. The minimum absolute atomic E-state index is 0.120. The number of amides is 3. The Kier molecular flexibility index (Phi) is 6.15. The van der Waals surface area contributed by atoms with Crippen molar-refractivity contribution in [1.82, 2.24) is 10.2 Å². The number of benzene rings is 2.